The van der Waals surface area contributed by atoms with Crippen molar-refractivity contribution in [2.24, 2.45) is 0 Å². The number of carbonyl (C=O) groups is 1. The fourth-order valence-electron chi connectivity index (χ4n) is 1.87. The van der Waals surface area contributed by atoms with Gasteiger partial charge in [-0.3, -0.25) is 20.2 Å². The highest BCUT2D eigenvalue weighted by molar-refractivity contribution is 5.89. The largest absolute Gasteiger partial charge is 0.493 e. The molecule has 0 atom stereocenters. The highest BCUT2D eigenvalue weighted by Crippen LogP contribution is 2.31. The number of carbonyl (C=O) groups excluding carboxylic acids is 1. The van der Waals surface area contributed by atoms with Crippen LogP contribution in [0.3, 0.4) is 0 Å². The lowest BCUT2D eigenvalue weighted by molar-refractivity contribution is -0.385. The third kappa shape index (κ3) is 4.61. The second kappa shape index (κ2) is 7.68. The van der Waals surface area contributed by atoms with Gasteiger partial charge in [-0.1, -0.05) is 0 Å². The summed E-state index contributed by atoms with van der Waals surface area (Å²) in [6.07, 6.45) is 2.50. The Bertz CT molecular complexity index is 844. The van der Waals surface area contributed by atoms with Crippen molar-refractivity contribution in [1.29, 1.82) is 0 Å². The number of non-ortho nitro benzene ring substituents is 2. The van der Waals surface area contributed by atoms with Crippen LogP contribution in [0.5, 0.6) is 11.5 Å². The summed E-state index contributed by atoms with van der Waals surface area (Å²) in [5.41, 5.74) is 0.234. The summed E-state index contributed by atoms with van der Waals surface area (Å²) in [5.74, 6) is -0.699. The fraction of sp³-hybridized carbons (Fsp3) is 0.0625. The van der Waals surface area contributed by atoms with E-state index in [0.717, 1.165) is 12.1 Å². The van der Waals surface area contributed by atoms with Gasteiger partial charge in [-0.15, -0.1) is 0 Å². The van der Waals surface area contributed by atoms with Gasteiger partial charge in [-0.05, 0) is 29.8 Å². The zero-order valence-electron chi connectivity index (χ0n) is 12.9. The summed E-state index contributed by atoms with van der Waals surface area (Å²) < 4.78 is 10.0. The topological polar surface area (TPSA) is 122 Å². The van der Waals surface area contributed by atoms with Crippen LogP contribution in [0.25, 0.3) is 6.08 Å². The van der Waals surface area contributed by atoms with E-state index in [1.165, 1.54) is 49.6 Å². The van der Waals surface area contributed by atoms with Crippen LogP contribution in [0, 0.1) is 20.2 Å². The standard InChI is InChI=1S/C16H12N2O7/c1-24-14-8-7-13(18(22)23)10-15(14)25-16(19)9-4-11-2-5-12(6-3-11)17(20)21/h2-10H,1H3/b9-4+. The first-order chi connectivity index (χ1) is 11.9. The molecule has 0 aliphatic rings. The number of nitro groups is 2. The third-order valence-electron chi connectivity index (χ3n) is 3.08. The number of ether oxygens (including phenoxy) is 2. The Morgan fingerprint density at radius 1 is 0.960 bits per heavy atom. The summed E-state index contributed by atoms with van der Waals surface area (Å²) in [6.45, 7) is 0. The molecular weight excluding hydrogens is 332 g/mol. The molecule has 0 fully saturated rings. The van der Waals surface area contributed by atoms with Gasteiger partial charge in [0.25, 0.3) is 11.4 Å². The molecule has 0 radical (unpaired) electrons. The zero-order valence-corrected chi connectivity index (χ0v) is 12.9. The van der Waals surface area contributed by atoms with Gasteiger partial charge >= 0.3 is 5.97 Å². The number of rotatable bonds is 6. The summed E-state index contributed by atoms with van der Waals surface area (Å²) >= 11 is 0. The quantitative estimate of drug-likeness (QED) is 0.259. The van der Waals surface area contributed by atoms with Gasteiger partial charge in [0.2, 0.25) is 0 Å². The SMILES string of the molecule is COc1ccc([N+](=O)[O-])cc1OC(=O)/C=C/c1ccc([N+](=O)[O-])cc1. The average molecular weight is 344 g/mol. The molecule has 0 saturated heterocycles. The smallest absolute Gasteiger partial charge is 0.336 e. The van der Waals surface area contributed by atoms with Gasteiger partial charge in [0.15, 0.2) is 11.5 Å². The van der Waals surface area contributed by atoms with E-state index in [1.54, 1.807) is 0 Å². The molecule has 0 aromatic heterocycles. The summed E-state index contributed by atoms with van der Waals surface area (Å²) in [7, 11) is 1.34. The second-order valence-corrected chi connectivity index (χ2v) is 4.70. The first-order valence-electron chi connectivity index (χ1n) is 6.87. The van der Waals surface area contributed by atoms with E-state index in [2.05, 4.69) is 0 Å². The summed E-state index contributed by atoms with van der Waals surface area (Å²) in [6, 6.07) is 9.16. The molecule has 0 amide bonds. The molecule has 0 N–H and O–H groups in total. The van der Waals surface area contributed by atoms with E-state index in [0.29, 0.717) is 5.56 Å². The lowest BCUT2D eigenvalue weighted by atomic mass is 10.2. The van der Waals surface area contributed by atoms with Crippen molar-refractivity contribution >= 4 is 23.4 Å². The van der Waals surface area contributed by atoms with E-state index < -0.39 is 15.8 Å². The van der Waals surface area contributed by atoms with E-state index in [-0.39, 0.29) is 22.9 Å². The molecular formula is C16H12N2O7. The predicted molar refractivity (Wildman–Crippen MR) is 87.4 cm³/mol. The Morgan fingerprint density at radius 3 is 2.12 bits per heavy atom. The molecule has 2 aromatic rings. The van der Waals surface area contributed by atoms with Gasteiger partial charge in [-0.2, -0.15) is 0 Å². The number of hydrogen-bond acceptors (Lipinski definition) is 7. The van der Waals surface area contributed by atoms with Crippen molar-refractivity contribution in [3.05, 3.63) is 74.3 Å². The van der Waals surface area contributed by atoms with Crippen molar-refractivity contribution in [2.45, 2.75) is 0 Å². The molecule has 128 valence electrons. The van der Waals surface area contributed by atoms with Crippen LogP contribution in [0.2, 0.25) is 0 Å². The van der Waals surface area contributed by atoms with Crippen molar-refractivity contribution in [2.75, 3.05) is 7.11 Å². The normalized spacial score (nSPS) is 10.4. The first-order valence-corrected chi connectivity index (χ1v) is 6.87. The molecule has 0 bridgehead atoms. The first kappa shape index (κ1) is 17.6. The zero-order chi connectivity index (χ0) is 18.4. The molecule has 0 heterocycles. The van der Waals surface area contributed by atoms with E-state index in [9.17, 15) is 25.0 Å². The van der Waals surface area contributed by atoms with Crippen LogP contribution >= 0.6 is 0 Å². The minimum absolute atomic E-state index is 0.0685. The fourth-order valence-corrected chi connectivity index (χ4v) is 1.87. The average Bonchev–Trinajstić information content (AvgIpc) is 2.60. The molecule has 25 heavy (non-hydrogen) atoms. The summed E-state index contributed by atoms with van der Waals surface area (Å²) in [5, 5.41) is 21.4. The maximum Gasteiger partial charge on any atom is 0.336 e. The van der Waals surface area contributed by atoms with Crippen LogP contribution in [0.15, 0.2) is 48.5 Å². The van der Waals surface area contributed by atoms with Crippen molar-refractivity contribution < 1.29 is 24.1 Å². The van der Waals surface area contributed by atoms with Crippen molar-refractivity contribution in [3.8, 4) is 11.5 Å². The molecule has 2 aromatic carbocycles. The number of hydrogen-bond donors (Lipinski definition) is 0. The minimum Gasteiger partial charge on any atom is -0.493 e. The van der Waals surface area contributed by atoms with Crippen molar-refractivity contribution in [3.63, 3.8) is 0 Å². The van der Waals surface area contributed by atoms with Gasteiger partial charge in [0, 0.05) is 24.3 Å². The lowest BCUT2D eigenvalue weighted by Crippen LogP contribution is -2.05. The molecule has 0 aliphatic carbocycles. The Hall–Kier alpha value is -3.75. The molecule has 2 rings (SSSR count). The highest BCUT2D eigenvalue weighted by atomic mass is 16.6. The number of benzene rings is 2. The van der Waals surface area contributed by atoms with Crippen molar-refractivity contribution in [1.82, 2.24) is 0 Å². The Morgan fingerprint density at radius 2 is 1.56 bits per heavy atom. The minimum atomic E-state index is -0.780. The summed E-state index contributed by atoms with van der Waals surface area (Å²) in [4.78, 5) is 32.1. The predicted octanol–water partition coefficient (Wildman–Crippen LogP) is 3.13. The maximum atomic E-state index is 11.9. The monoisotopic (exact) mass is 344 g/mol. The van der Waals surface area contributed by atoms with E-state index in [1.807, 2.05) is 0 Å². The molecule has 0 aliphatic heterocycles. The van der Waals surface area contributed by atoms with Crippen LogP contribution in [-0.4, -0.2) is 22.9 Å². The molecule has 0 saturated carbocycles. The van der Waals surface area contributed by atoms with Crippen LogP contribution in [-0.2, 0) is 4.79 Å². The Balaban J connectivity index is 2.12. The van der Waals surface area contributed by atoms with Gasteiger partial charge in [0.05, 0.1) is 23.0 Å². The number of nitro benzene ring substituents is 2. The number of nitrogens with zero attached hydrogens (tertiary/aromatic N) is 2. The van der Waals surface area contributed by atoms with Gasteiger partial charge in [0.1, 0.15) is 0 Å². The Kier molecular flexibility index (Phi) is 5.41. The molecule has 0 spiro atoms. The van der Waals surface area contributed by atoms with Crippen LogP contribution in [0.1, 0.15) is 5.56 Å². The molecule has 9 nitrogen and oxygen atoms in total. The molecule has 0 unspecified atom stereocenters. The second-order valence-electron chi connectivity index (χ2n) is 4.70. The van der Waals surface area contributed by atoms with E-state index in [4.69, 9.17) is 9.47 Å². The van der Waals surface area contributed by atoms with E-state index >= 15 is 0 Å². The maximum absolute atomic E-state index is 11.9. The van der Waals surface area contributed by atoms with Gasteiger partial charge < -0.3 is 9.47 Å². The number of esters is 1. The third-order valence-corrected chi connectivity index (χ3v) is 3.08. The Labute approximate surface area is 141 Å². The highest BCUT2D eigenvalue weighted by Gasteiger charge is 2.14. The van der Waals surface area contributed by atoms with Crippen LogP contribution < -0.4 is 9.47 Å². The lowest BCUT2D eigenvalue weighted by Gasteiger charge is -2.07. The number of methoxy groups -OCH3 is 1. The van der Waals surface area contributed by atoms with Crippen LogP contribution in [0.4, 0.5) is 11.4 Å². The molecule has 9 heteroatoms. The van der Waals surface area contributed by atoms with Gasteiger partial charge in [-0.25, -0.2) is 4.79 Å².